The zero-order valence-corrected chi connectivity index (χ0v) is 20.1. The highest BCUT2D eigenvalue weighted by molar-refractivity contribution is 6.51. The fourth-order valence-electron chi connectivity index (χ4n) is 4.13. The molecule has 3 aromatic carbocycles. The number of benzene rings is 3. The van der Waals surface area contributed by atoms with Gasteiger partial charge in [0.15, 0.2) is 0 Å². The molecule has 1 atom stereocenters. The maximum absolute atomic E-state index is 13.4. The Morgan fingerprint density at radius 1 is 0.973 bits per heavy atom. The molecule has 0 aliphatic carbocycles. The molecule has 3 aromatic rings. The number of halogens is 4. The van der Waals surface area contributed by atoms with Gasteiger partial charge in [-0.05, 0) is 42.0 Å². The first-order valence-corrected chi connectivity index (χ1v) is 11.0. The van der Waals surface area contributed by atoms with Crippen molar-refractivity contribution in [3.63, 3.8) is 0 Å². The number of phenols is 1. The van der Waals surface area contributed by atoms with Gasteiger partial charge in [0.1, 0.15) is 23.0 Å². The number of rotatable bonds is 5. The van der Waals surface area contributed by atoms with E-state index in [-0.39, 0.29) is 39.1 Å². The molecule has 37 heavy (non-hydrogen) atoms. The summed E-state index contributed by atoms with van der Waals surface area (Å²) in [6.45, 7) is 0. The molecule has 1 unspecified atom stereocenters. The van der Waals surface area contributed by atoms with E-state index in [4.69, 9.17) is 21.1 Å². The summed E-state index contributed by atoms with van der Waals surface area (Å²) in [4.78, 5) is 27.4. The van der Waals surface area contributed by atoms with E-state index in [1.165, 1.54) is 56.7 Å². The number of nitrogens with zero attached hydrogens (tertiary/aromatic N) is 1. The molecule has 2 N–H and O–H groups in total. The Hall–Kier alpha value is -4.18. The number of Topliss-reactive ketones (excluding diaryl/α,β-unsaturated/α-hetero) is 1. The van der Waals surface area contributed by atoms with Crippen LogP contribution in [-0.4, -0.2) is 36.1 Å². The first-order chi connectivity index (χ1) is 17.5. The van der Waals surface area contributed by atoms with Gasteiger partial charge in [0, 0.05) is 11.8 Å². The third-order valence-electron chi connectivity index (χ3n) is 5.81. The number of aromatic hydroxyl groups is 1. The van der Waals surface area contributed by atoms with Gasteiger partial charge in [-0.25, -0.2) is 0 Å². The van der Waals surface area contributed by atoms with E-state index in [1.54, 1.807) is 0 Å². The maximum atomic E-state index is 13.4. The van der Waals surface area contributed by atoms with Crippen LogP contribution in [-0.2, 0) is 15.8 Å². The molecule has 1 amide bonds. The van der Waals surface area contributed by atoms with E-state index < -0.39 is 40.8 Å². The predicted octanol–water partition coefficient (Wildman–Crippen LogP) is 5.71. The summed E-state index contributed by atoms with van der Waals surface area (Å²) in [5.41, 5.74) is -1.58. The second-order valence-corrected chi connectivity index (χ2v) is 8.41. The lowest BCUT2D eigenvalue weighted by Gasteiger charge is -2.26. The molecule has 1 heterocycles. The van der Waals surface area contributed by atoms with E-state index in [2.05, 4.69) is 0 Å². The zero-order chi connectivity index (χ0) is 27.1. The van der Waals surface area contributed by atoms with Crippen LogP contribution in [0.1, 0.15) is 22.7 Å². The lowest BCUT2D eigenvalue weighted by molar-refractivity contribution is -0.137. The highest BCUT2D eigenvalue weighted by atomic mass is 35.5. The Bertz CT molecular complexity index is 1440. The van der Waals surface area contributed by atoms with Crippen molar-refractivity contribution in [2.45, 2.75) is 12.2 Å². The largest absolute Gasteiger partial charge is 0.508 e. The topological polar surface area (TPSA) is 96.3 Å². The van der Waals surface area contributed by atoms with Crippen LogP contribution in [0.15, 0.2) is 66.2 Å². The molecule has 1 aliphatic rings. The number of alkyl halides is 3. The van der Waals surface area contributed by atoms with Gasteiger partial charge in [0.2, 0.25) is 0 Å². The number of ether oxygens (including phenoxy) is 2. The minimum absolute atomic E-state index is 0.0447. The van der Waals surface area contributed by atoms with Crippen molar-refractivity contribution < 1.29 is 42.4 Å². The second-order valence-electron chi connectivity index (χ2n) is 8.00. The average molecular weight is 534 g/mol. The van der Waals surface area contributed by atoms with Crippen LogP contribution in [0.3, 0.4) is 0 Å². The number of carbonyl (C=O) groups excluding carboxylic acids is 2. The molecule has 4 rings (SSSR count). The van der Waals surface area contributed by atoms with Crippen molar-refractivity contribution in [1.82, 2.24) is 0 Å². The molecular weight excluding hydrogens is 515 g/mol. The van der Waals surface area contributed by atoms with Crippen LogP contribution in [0.5, 0.6) is 17.2 Å². The van der Waals surface area contributed by atoms with Crippen LogP contribution in [0.25, 0.3) is 5.76 Å². The maximum Gasteiger partial charge on any atom is 0.416 e. The Labute approximate surface area is 213 Å². The quantitative estimate of drug-likeness (QED) is 0.248. The molecule has 1 aliphatic heterocycles. The summed E-state index contributed by atoms with van der Waals surface area (Å²) in [7, 11) is 2.62. The van der Waals surface area contributed by atoms with Crippen LogP contribution < -0.4 is 14.4 Å². The fourth-order valence-corrected chi connectivity index (χ4v) is 4.36. The summed E-state index contributed by atoms with van der Waals surface area (Å²) >= 11 is 6.14. The molecule has 0 bridgehead atoms. The molecule has 192 valence electrons. The van der Waals surface area contributed by atoms with Gasteiger partial charge in [0.05, 0.1) is 42.0 Å². The van der Waals surface area contributed by atoms with Crippen LogP contribution in [0, 0.1) is 0 Å². The van der Waals surface area contributed by atoms with E-state index in [1.807, 2.05) is 0 Å². The standard InChI is InChI=1S/C26H19ClF3NO6/c1-36-19-12-18(27)20(37-2)11-17(19)23(33)21-22(13-5-3-8-16(32)9-13)31(25(35)24(21)34)15-7-4-6-14(10-15)26(28,29)30/h3-12,22,32-33H,1-2H3/b23-21+. The first-order valence-electron chi connectivity index (χ1n) is 10.7. The fraction of sp³-hybridized carbons (Fsp3) is 0.154. The number of methoxy groups -OCH3 is 2. The summed E-state index contributed by atoms with van der Waals surface area (Å²) in [5, 5.41) is 21.6. The number of aliphatic hydroxyl groups excluding tert-OH is 1. The van der Waals surface area contributed by atoms with Gasteiger partial charge in [-0.15, -0.1) is 0 Å². The van der Waals surface area contributed by atoms with Gasteiger partial charge >= 0.3 is 6.18 Å². The molecular formula is C26H19ClF3NO6. The summed E-state index contributed by atoms with van der Waals surface area (Å²) in [6, 6.07) is 10.6. The van der Waals surface area contributed by atoms with Gasteiger partial charge in [-0.3, -0.25) is 14.5 Å². The molecule has 0 aromatic heterocycles. The SMILES string of the molecule is COc1cc(/C(O)=C2\C(=O)C(=O)N(c3cccc(C(F)(F)F)c3)C2c2cccc(O)c2)c(OC)cc1Cl. The van der Waals surface area contributed by atoms with E-state index in [9.17, 15) is 33.0 Å². The first kappa shape index (κ1) is 25.9. The van der Waals surface area contributed by atoms with Gasteiger partial charge < -0.3 is 19.7 Å². The van der Waals surface area contributed by atoms with E-state index >= 15 is 0 Å². The summed E-state index contributed by atoms with van der Waals surface area (Å²) in [6.07, 6.45) is -4.71. The molecule has 7 nitrogen and oxygen atoms in total. The van der Waals surface area contributed by atoms with Crippen LogP contribution in [0.2, 0.25) is 5.02 Å². The molecule has 1 fully saturated rings. The van der Waals surface area contributed by atoms with Crippen molar-refractivity contribution in [2.24, 2.45) is 0 Å². The normalized spacial score (nSPS) is 17.2. The lowest BCUT2D eigenvalue weighted by atomic mass is 9.94. The van der Waals surface area contributed by atoms with Gasteiger partial charge in [0.25, 0.3) is 11.7 Å². The Morgan fingerprint density at radius 2 is 1.65 bits per heavy atom. The van der Waals surface area contributed by atoms with E-state index in [0.29, 0.717) is 0 Å². The monoisotopic (exact) mass is 533 g/mol. The number of aliphatic hydroxyl groups is 1. The minimum atomic E-state index is -4.71. The Morgan fingerprint density at radius 3 is 2.27 bits per heavy atom. The van der Waals surface area contributed by atoms with Crippen molar-refractivity contribution >= 4 is 34.7 Å². The highest BCUT2D eigenvalue weighted by Gasteiger charge is 2.48. The number of carbonyl (C=O) groups is 2. The molecule has 0 saturated carbocycles. The lowest BCUT2D eigenvalue weighted by Crippen LogP contribution is -2.29. The number of anilines is 1. The zero-order valence-electron chi connectivity index (χ0n) is 19.3. The van der Waals surface area contributed by atoms with Crippen LogP contribution in [0.4, 0.5) is 18.9 Å². The smallest absolute Gasteiger partial charge is 0.416 e. The third kappa shape index (κ3) is 4.67. The van der Waals surface area contributed by atoms with Crippen molar-refractivity contribution in [3.8, 4) is 17.2 Å². The number of amides is 1. The minimum Gasteiger partial charge on any atom is -0.508 e. The Balaban J connectivity index is 2.01. The van der Waals surface area contributed by atoms with Crippen molar-refractivity contribution in [3.05, 3.63) is 87.9 Å². The van der Waals surface area contributed by atoms with Gasteiger partial charge in [-0.1, -0.05) is 29.8 Å². The average Bonchev–Trinajstić information content (AvgIpc) is 3.13. The molecule has 1 saturated heterocycles. The second kappa shape index (κ2) is 9.70. The third-order valence-corrected chi connectivity index (χ3v) is 6.11. The highest BCUT2D eigenvalue weighted by Crippen LogP contribution is 2.46. The predicted molar refractivity (Wildman–Crippen MR) is 129 cm³/mol. The summed E-state index contributed by atoms with van der Waals surface area (Å²) < 4.78 is 50.7. The summed E-state index contributed by atoms with van der Waals surface area (Å²) in [5.74, 6) is -3.05. The molecule has 11 heteroatoms. The van der Waals surface area contributed by atoms with Gasteiger partial charge in [-0.2, -0.15) is 13.2 Å². The number of phenolic OH excluding ortho intramolecular Hbond substituents is 1. The molecule has 0 spiro atoms. The van der Waals surface area contributed by atoms with Crippen molar-refractivity contribution in [1.29, 1.82) is 0 Å². The number of hydrogen-bond acceptors (Lipinski definition) is 6. The molecule has 0 radical (unpaired) electrons. The Kier molecular flexibility index (Phi) is 6.79. The van der Waals surface area contributed by atoms with E-state index in [0.717, 1.165) is 23.1 Å². The van der Waals surface area contributed by atoms with Crippen LogP contribution >= 0.6 is 11.6 Å². The number of hydrogen-bond donors (Lipinski definition) is 2. The van der Waals surface area contributed by atoms with Crippen molar-refractivity contribution in [2.75, 3.05) is 19.1 Å². The number of ketones is 1.